The summed E-state index contributed by atoms with van der Waals surface area (Å²) in [6, 6.07) is -0.717. The first-order chi connectivity index (χ1) is 30.5. The third kappa shape index (κ3) is 43.9. The van der Waals surface area contributed by atoms with Crippen molar-refractivity contribution in [1.29, 1.82) is 0 Å². The van der Waals surface area contributed by atoms with Crippen LogP contribution in [-0.4, -0.2) is 46.9 Å². The fourth-order valence-electron chi connectivity index (χ4n) is 7.64. The van der Waals surface area contributed by atoms with Gasteiger partial charge in [-0.05, 0) is 64.2 Å². The van der Waals surface area contributed by atoms with Crippen LogP contribution in [0.15, 0.2) is 72.9 Å². The summed E-state index contributed by atoms with van der Waals surface area (Å²) in [6.45, 7) is 6.37. The van der Waals surface area contributed by atoms with Gasteiger partial charge in [-0.3, -0.25) is 9.59 Å². The quantitative estimate of drug-likeness (QED) is 0.0245. The Hall–Kier alpha value is -2.70. The Morgan fingerprint density at radius 3 is 1.39 bits per heavy atom. The number of nitrogens with one attached hydrogen (secondary N) is 1. The molecule has 6 heteroatoms. The number of unbranched alkanes of at least 4 members (excludes halogenated alkanes) is 26. The minimum Gasteiger partial charge on any atom is -0.462 e. The van der Waals surface area contributed by atoms with Gasteiger partial charge >= 0.3 is 5.97 Å². The summed E-state index contributed by atoms with van der Waals surface area (Å²) in [5.74, 6) is -0.533. The smallest absolute Gasteiger partial charge is 0.306 e. The molecular formula is C56H99NO5. The number of esters is 1. The van der Waals surface area contributed by atoms with Gasteiger partial charge in [-0.1, -0.05) is 241 Å². The van der Waals surface area contributed by atoms with Crippen LogP contribution in [0.25, 0.3) is 0 Å². The van der Waals surface area contributed by atoms with Crippen LogP contribution < -0.4 is 5.32 Å². The van der Waals surface area contributed by atoms with Crippen LogP contribution in [0.5, 0.6) is 0 Å². The number of hydrogen-bond donors (Lipinski definition) is 3. The molecule has 0 saturated heterocycles. The van der Waals surface area contributed by atoms with Crippen LogP contribution >= 0.6 is 0 Å². The zero-order valence-corrected chi connectivity index (χ0v) is 40.7. The monoisotopic (exact) mass is 866 g/mol. The van der Waals surface area contributed by atoms with E-state index in [1.807, 2.05) is 24.3 Å². The summed E-state index contributed by atoms with van der Waals surface area (Å²) < 4.78 is 5.90. The van der Waals surface area contributed by atoms with E-state index in [4.69, 9.17) is 4.74 Å². The molecular weight excluding hydrogens is 767 g/mol. The lowest BCUT2D eigenvalue weighted by Gasteiger charge is -2.24. The summed E-state index contributed by atoms with van der Waals surface area (Å²) >= 11 is 0. The molecule has 6 nitrogen and oxygen atoms in total. The number of carbonyl (C=O) groups is 2. The molecule has 0 aromatic heterocycles. The van der Waals surface area contributed by atoms with Gasteiger partial charge in [0.05, 0.1) is 25.2 Å². The van der Waals surface area contributed by atoms with E-state index in [2.05, 4.69) is 74.7 Å². The van der Waals surface area contributed by atoms with Gasteiger partial charge in [0.25, 0.3) is 0 Å². The normalized spacial score (nSPS) is 13.8. The summed E-state index contributed by atoms with van der Waals surface area (Å²) in [7, 11) is 0. The van der Waals surface area contributed by atoms with Crippen molar-refractivity contribution in [3.63, 3.8) is 0 Å². The Balaban J connectivity index is 4.60. The first kappa shape index (κ1) is 59.3. The number of amides is 1. The number of allylic oxidation sites excluding steroid dienone is 12. The number of aliphatic hydroxyl groups is 2. The van der Waals surface area contributed by atoms with E-state index in [0.717, 1.165) is 83.5 Å². The first-order valence-corrected chi connectivity index (χ1v) is 26.2. The maximum Gasteiger partial charge on any atom is 0.306 e. The van der Waals surface area contributed by atoms with Gasteiger partial charge in [0.1, 0.15) is 6.10 Å². The predicted octanol–water partition coefficient (Wildman–Crippen LogP) is 15.8. The summed E-state index contributed by atoms with van der Waals surface area (Å²) in [5.41, 5.74) is 0. The van der Waals surface area contributed by atoms with Crippen molar-refractivity contribution < 1.29 is 24.5 Å². The Bertz CT molecular complexity index is 1150. The van der Waals surface area contributed by atoms with Crippen molar-refractivity contribution in [2.45, 2.75) is 264 Å². The average Bonchev–Trinajstić information content (AvgIpc) is 3.26. The molecule has 0 heterocycles. The molecule has 0 aliphatic carbocycles. The van der Waals surface area contributed by atoms with E-state index >= 15 is 0 Å². The predicted molar refractivity (Wildman–Crippen MR) is 268 cm³/mol. The molecule has 0 aliphatic rings. The molecule has 0 rings (SSSR count). The summed E-state index contributed by atoms with van der Waals surface area (Å²) in [6.07, 6.45) is 62.4. The molecule has 0 saturated carbocycles. The highest BCUT2D eigenvalue weighted by Gasteiger charge is 2.24. The molecule has 3 atom stereocenters. The van der Waals surface area contributed by atoms with Crippen molar-refractivity contribution >= 4 is 11.9 Å². The van der Waals surface area contributed by atoms with Gasteiger partial charge in [0.15, 0.2) is 0 Å². The van der Waals surface area contributed by atoms with E-state index < -0.39 is 18.2 Å². The molecule has 0 fully saturated rings. The fraction of sp³-hybridized carbons (Fsp3) is 0.750. The largest absolute Gasteiger partial charge is 0.462 e. The third-order valence-corrected chi connectivity index (χ3v) is 11.6. The molecule has 3 unspecified atom stereocenters. The lowest BCUT2D eigenvalue weighted by molar-refractivity contribution is -0.151. The van der Waals surface area contributed by atoms with Crippen molar-refractivity contribution in [3.05, 3.63) is 72.9 Å². The molecule has 3 N–H and O–H groups in total. The Morgan fingerprint density at radius 1 is 0.468 bits per heavy atom. The van der Waals surface area contributed by atoms with Crippen molar-refractivity contribution in [2.75, 3.05) is 6.61 Å². The second kappa shape index (κ2) is 49.3. The average molecular weight is 866 g/mol. The summed E-state index contributed by atoms with van der Waals surface area (Å²) in [5, 5.41) is 23.8. The molecule has 0 aromatic rings. The first-order valence-electron chi connectivity index (χ1n) is 26.2. The van der Waals surface area contributed by atoms with Crippen LogP contribution in [0.3, 0.4) is 0 Å². The van der Waals surface area contributed by atoms with Gasteiger partial charge in [-0.2, -0.15) is 0 Å². The molecule has 358 valence electrons. The molecule has 0 aromatic carbocycles. The second-order valence-electron chi connectivity index (χ2n) is 17.7. The molecule has 0 aliphatic heterocycles. The highest BCUT2D eigenvalue weighted by atomic mass is 16.5. The number of aliphatic hydroxyl groups excluding tert-OH is 2. The van der Waals surface area contributed by atoms with Crippen LogP contribution in [-0.2, 0) is 14.3 Å². The lowest BCUT2D eigenvalue weighted by Crippen LogP contribution is -2.46. The Labute approximate surface area is 383 Å². The minimum absolute atomic E-state index is 0.0437. The zero-order valence-electron chi connectivity index (χ0n) is 40.7. The van der Waals surface area contributed by atoms with Gasteiger partial charge < -0.3 is 20.3 Å². The Morgan fingerprint density at radius 2 is 0.887 bits per heavy atom. The highest BCUT2D eigenvalue weighted by Crippen LogP contribution is 2.17. The van der Waals surface area contributed by atoms with Crippen LogP contribution in [0.1, 0.15) is 245 Å². The zero-order chi connectivity index (χ0) is 45.2. The Kier molecular flexibility index (Phi) is 47.2. The van der Waals surface area contributed by atoms with E-state index in [1.165, 1.54) is 116 Å². The topological polar surface area (TPSA) is 95.9 Å². The maximum atomic E-state index is 13.2. The third-order valence-electron chi connectivity index (χ3n) is 11.6. The molecule has 0 bridgehead atoms. The SMILES string of the molecule is CCC/C=C/C=C/C=C/C=C/C=C/CCCCCCCC(=O)OC(CCC/C=C\CCCCCCCC)CC(=O)NC(CO)C(O)CCCCCCCCCCCCCCCC. The standard InChI is InChI=1S/C56H99NO5/c1-4-7-10-13-16-19-22-24-26-27-28-29-31-34-37-40-43-46-49-56(61)62-52(47-44-41-38-35-32-21-18-15-12-9-6-3)50-55(60)57-53(51-58)54(59)48-45-42-39-36-33-30-25-23-20-17-14-11-8-5-2/h10,13,16,19,22,24,26-29,35,38,52-54,58-59H,4-9,11-12,14-15,17-18,20-21,23,25,30-34,36-37,39-51H2,1-3H3,(H,57,60)/b13-10+,19-16+,24-22+,27-26+,29-28+,38-35-. The van der Waals surface area contributed by atoms with E-state index in [9.17, 15) is 19.8 Å². The number of hydrogen-bond acceptors (Lipinski definition) is 5. The minimum atomic E-state index is -0.801. The van der Waals surface area contributed by atoms with Crippen LogP contribution in [0, 0.1) is 0 Å². The van der Waals surface area contributed by atoms with E-state index in [0.29, 0.717) is 19.3 Å². The lowest BCUT2D eigenvalue weighted by atomic mass is 10.0. The van der Waals surface area contributed by atoms with Gasteiger partial charge in [-0.15, -0.1) is 0 Å². The van der Waals surface area contributed by atoms with Gasteiger partial charge in [0.2, 0.25) is 5.91 Å². The van der Waals surface area contributed by atoms with Crippen molar-refractivity contribution in [2.24, 2.45) is 0 Å². The van der Waals surface area contributed by atoms with Crippen molar-refractivity contribution in [1.82, 2.24) is 5.32 Å². The molecule has 0 radical (unpaired) electrons. The molecule has 1 amide bonds. The number of rotatable bonds is 46. The number of carbonyl (C=O) groups excluding carboxylic acids is 2. The van der Waals surface area contributed by atoms with E-state index in [1.54, 1.807) is 0 Å². The second-order valence-corrected chi connectivity index (χ2v) is 17.7. The summed E-state index contributed by atoms with van der Waals surface area (Å²) in [4.78, 5) is 26.1. The van der Waals surface area contributed by atoms with Gasteiger partial charge in [0, 0.05) is 6.42 Å². The highest BCUT2D eigenvalue weighted by molar-refractivity contribution is 5.77. The van der Waals surface area contributed by atoms with E-state index in [-0.39, 0.29) is 24.9 Å². The van der Waals surface area contributed by atoms with Gasteiger partial charge in [-0.25, -0.2) is 0 Å². The van der Waals surface area contributed by atoms with Crippen LogP contribution in [0.2, 0.25) is 0 Å². The van der Waals surface area contributed by atoms with Crippen LogP contribution in [0.4, 0.5) is 0 Å². The molecule has 62 heavy (non-hydrogen) atoms. The maximum absolute atomic E-state index is 13.2. The number of ether oxygens (including phenoxy) is 1. The molecule has 0 spiro atoms. The van der Waals surface area contributed by atoms with Crippen molar-refractivity contribution in [3.8, 4) is 0 Å². The fourth-order valence-corrected chi connectivity index (χ4v) is 7.64.